The Morgan fingerprint density at radius 3 is 2.50 bits per heavy atom. The van der Waals surface area contributed by atoms with Gasteiger partial charge in [0.1, 0.15) is 0 Å². The lowest BCUT2D eigenvalue weighted by Gasteiger charge is -2.04. The summed E-state index contributed by atoms with van der Waals surface area (Å²) >= 11 is 0. The molecule has 0 radical (unpaired) electrons. The van der Waals surface area contributed by atoms with Crippen molar-refractivity contribution in [1.29, 1.82) is 0 Å². The van der Waals surface area contributed by atoms with E-state index in [0.717, 1.165) is 31.4 Å². The Morgan fingerprint density at radius 2 is 1.85 bits per heavy atom. The average Bonchev–Trinajstić information content (AvgIpc) is 2.93. The van der Waals surface area contributed by atoms with Crippen LogP contribution in [0, 0.1) is 0 Å². The van der Waals surface area contributed by atoms with Gasteiger partial charge < -0.3 is 9.67 Å². The van der Waals surface area contributed by atoms with Crippen molar-refractivity contribution in [2.75, 3.05) is 0 Å². The van der Waals surface area contributed by atoms with Gasteiger partial charge in [0.25, 0.3) is 0 Å². The van der Waals surface area contributed by atoms with Crippen LogP contribution in [-0.4, -0.2) is 20.6 Å². The van der Waals surface area contributed by atoms with Gasteiger partial charge in [0.2, 0.25) is 0 Å². The third kappa shape index (κ3) is 4.88. The molecule has 0 amide bonds. The van der Waals surface area contributed by atoms with Gasteiger partial charge in [0, 0.05) is 18.9 Å². The second-order valence-corrected chi connectivity index (χ2v) is 5.00. The highest BCUT2D eigenvalue weighted by atomic mass is 16.4. The number of unbranched alkanes of at least 4 members (excludes halogenated alkanes) is 2. The largest absolute Gasteiger partial charge is 0.481 e. The highest BCUT2D eigenvalue weighted by Crippen LogP contribution is 2.10. The molecule has 0 saturated carbocycles. The molecule has 0 aliphatic carbocycles. The van der Waals surface area contributed by atoms with E-state index in [0.29, 0.717) is 0 Å². The van der Waals surface area contributed by atoms with Crippen molar-refractivity contribution >= 4 is 5.97 Å². The normalized spacial score (nSPS) is 10.6. The van der Waals surface area contributed by atoms with Crippen LogP contribution < -0.4 is 0 Å². The fraction of sp³-hybridized carbons (Fsp3) is 0.375. The number of rotatable bonds is 8. The zero-order chi connectivity index (χ0) is 14.2. The zero-order valence-corrected chi connectivity index (χ0v) is 11.5. The van der Waals surface area contributed by atoms with Crippen molar-refractivity contribution in [3.63, 3.8) is 0 Å². The van der Waals surface area contributed by atoms with Crippen LogP contribution in [0.15, 0.2) is 43.0 Å². The lowest BCUT2D eigenvalue weighted by molar-refractivity contribution is -0.136. The van der Waals surface area contributed by atoms with Crippen LogP contribution in [0.25, 0.3) is 0 Å². The van der Waals surface area contributed by atoms with Crippen LogP contribution in [0.1, 0.15) is 30.4 Å². The van der Waals surface area contributed by atoms with Crippen molar-refractivity contribution in [2.24, 2.45) is 0 Å². The average molecular weight is 272 g/mol. The van der Waals surface area contributed by atoms with Gasteiger partial charge in [-0.3, -0.25) is 4.79 Å². The molecule has 1 N–H and O–H groups in total. The van der Waals surface area contributed by atoms with Gasteiger partial charge in [-0.1, -0.05) is 30.7 Å². The molecule has 0 aliphatic rings. The molecule has 1 heterocycles. The van der Waals surface area contributed by atoms with Gasteiger partial charge >= 0.3 is 5.97 Å². The van der Waals surface area contributed by atoms with E-state index in [-0.39, 0.29) is 6.42 Å². The lowest BCUT2D eigenvalue weighted by Crippen LogP contribution is -2.00. The smallest absolute Gasteiger partial charge is 0.307 e. The number of imidazole rings is 1. The minimum Gasteiger partial charge on any atom is -0.481 e. The number of aliphatic carboxylic acids is 1. The van der Waals surface area contributed by atoms with Crippen molar-refractivity contribution in [2.45, 2.75) is 38.6 Å². The summed E-state index contributed by atoms with van der Waals surface area (Å²) in [6, 6.07) is 7.90. The summed E-state index contributed by atoms with van der Waals surface area (Å²) in [6.07, 6.45) is 10.3. The molecule has 0 atom stereocenters. The van der Waals surface area contributed by atoms with Crippen LogP contribution in [0.5, 0.6) is 0 Å². The number of nitrogens with zero attached hydrogens (tertiary/aromatic N) is 2. The summed E-state index contributed by atoms with van der Waals surface area (Å²) < 4.78 is 2.10. The molecule has 0 unspecified atom stereocenters. The summed E-state index contributed by atoms with van der Waals surface area (Å²) in [4.78, 5) is 14.6. The van der Waals surface area contributed by atoms with E-state index < -0.39 is 5.97 Å². The van der Waals surface area contributed by atoms with E-state index in [1.165, 1.54) is 12.0 Å². The fourth-order valence-corrected chi connectivity index (χ4v) is 2.22. The van der Waals surface area contributed by atoms with Crippen molar-refractivity contribution in [3.8, 4) is 0 Å². The molecule has 0 bridgehead atoms. The minimum absolute atomic E-state index is 0.102. The standard InChI is InChI=1S/C16H20N2O2/c19-16(20)12-15-7-5-14(6-8-15)4-2-1-3-10-18-11-9-17-13-18/h5-9,11,13H,1-4,10,12H2,(H,19,20). The number of benzene rings is 1. The summed E-state index contributed by atoms with van der Waals surface area (Å²) in [5.41, 5.74) is 2.14. The van der Waals surface area contributed by atoms with Gasteiger partial charge in [-0.2, -0.15) is 0 Å². The SMILES string of the molecule is O=C(O)Cc1ccc(CCCCCn2ccnc2)cc1. The van der Waals surface area contributed by atoms with E-state index >= 15 is 0 Å². The quantitative estimate of drug-likeness (QED) is 0.752. The lowest BCUT2D eigenvalue weighted by atomic mass is 10.0. The molecule has 106 valence electrons. The molecule has 0 saturated heterocycles. The molecule has 2 aromatic rings. The predicted molar refractivity (Wildman–Crippen MR) is 77.6 cm³/mol. The first-order valence-electron chi connectivity index (χ1n) is 6.99. The number of aromatic nitrogens is 2. The summed E-state index contributed by atoms with van der Waals surface area (Å²) in [6.45, 7) is 1.03. The topological polar surface area (TPSA) is 55.1 Å². The summed E-state index contributed by atoms with van der Waals surface area (Å²) in [5, 5.41) is 8.71. The highest BCUT2D eigenvalue weighted by molar-refractivity contribution is 5.70. The monoisotopic (exact) mass is 272 g/mol. The van der Waals surface area contributed by atoms with Gasteiger partial charge in [-0.15, -0.1) is 0 Å². The molecule has 0 fully saturated rings. The maximum absolute atomic E-state index is 10.6. The van der Waals surface area contributed by atoms with Crippen LogP contribution in [0.4, 0.5) is 0 Å². The van der Waals surface area contributed by atoms with Crippen molar-refractivity contribution in [3.05, 3.63) is 54.1 Å². The van der Waals surface area contributed by atoms with Gasteiger partial charge in [0.15, 0.2) is 0 Å². The van der Waals surface area contributed by atoms with E-state index in [2.05, 4.69) is 9.55 Å². The third-order valence-corrected chi connectivity index (χ3v) is 3.32. The van der Waals surface area contributed by atoms with Crippen LogP contribution in [0.2, 0.25) is 0 Å². The highest BCUT2D eigenvalue weighted by Gasteiger charge is 2.00. The Bertz CT molecular complexity index is 518. The van der Waals surface area contributed by atoms with Crippen LogP contribution in [-0.2, 0) is 24.2 Å². The van der Waals surface area contributed by atoms with Gasteiger partial charge in [-0.25, -0.2) is 4.98 Å². The molecular weight excluding hydrogens is 252 g/mol. The molecule has 0 aliphatic heterocycles. The number of carboxylic acids is 1. The molecule has 2 rings (SSSR count). The first-order valence-corrected chi connectivity index (χ1v) is 6.99. The van der Waals surface area contributed by atoms with Crippen LogP contribution in [0.3, 0.4) is 0 Å². The predicted octanol–water partition coefficient (Wildman–Crippen LogP) is 2.92. The molecule has 1 aromatic heterocycles. The number of carboxylic acid groups (broad SMARTS) is 1. The van der Waals surface area contributed by atoms with Gasteiger partial charge in [0.05, 0.1) is 12.7 Å². The zero-order valence-electron chi connectivity index (χ0n) is 11.5. The maximum Gasteiger partial charge on any atom is 0.307 e. The number of carbonyl (C=O) groups is 1. The summed E-state index contributed by atoms with van der Waals surface area (Å²) in [7, 11) is 0. The van der Waals surface area contributed by atoms with Crippen molar-refractivity contribution < 1.29 is 9.90 Å². The van der Waals surface area contributed by atoms with E-state index in [9.17, 15) is 4.79 Å². The molecule has 1 aromatic carbocycles. The van der Waals surface area contributed by atoms with E-state index in [1.807, 2.05) is 36.8 Å². The van der Waals surface area contributed by atoms with E-state index in [1.54, 1.807) is 6.20 Å². The minimum atomic E-state index is -0.780. The Labute approximate surface area is 119 Å². The second kappa shape index (κ2) is 7.48. The van der Waals surface area contributed by atoms with Crippen LogP contribution >= 0.6 is 0 Å². The number of aryl methyl sites for hydroxylation is 2. The first-order chi connectivity index (χ1) is 9.74. The Hall–Kier alpha value is -2.10. The van der Waals surface area contributed by atoms with Gasteiger partial charge in [-0.05, 0) is 30.4 Å². The molecule has 4 heteroatoms. The Morgan fingerprint density at radius 1 is 1.10 bits per heavy atom. The maximum atomic E-state index is 10.6. The number of hydrogen-bond acceptors (Lipinski definition) is 2. The van der Waals surface area contributed by atoms with E-state index in [4.69, 9.17) is 5.11 Å². The Balaban J connectivity index is 1.65. The Kier molecular flexibility index (Phi) is 5.35. The molecular formula is C16H20N2O2. The fourth-order valence-electron chi connectivity index (χ4n) is 2.22. The number of hydrogen-bond donors (Lipinski definition) is 1. The molecule has 4 nitrogen and oxygen atoms in total. The molecule has 20 heavy (non-hydrogen) atoms. The summed E-state index contributed by atoms with van der Waals surface area (Å²) in [5.74, 6) is -0.780. The van der Waals surface area contributed by atoms with Crippen molar-refractivity contribution in [1.82, 2.24) is 9.55 Å². The second-order valence-electron chi connectivity index (χ2n) is 5.00. The third-order valence-electron chi connectivity index (χ3n) is 3.32. The first kappa shape index (κ1) is 14.3. The molecule has 0 spiro atoms.